The second-order valence-electron chi connectivity index (χ2n) is 4.00. The summed E-state index contributed by atoms with van der Waals surface area (Å²) < 4.78 is 11.0. The zero-order chi connectivity index (χ0) is 14.0. The van der Waals surface area contributed by atoms with Crippen LogP contribution in [0.3, 0.4) is 0 Å². The van der Waals surface area contributed by atoms with Gasteiger partial charge in [0.25, 0.3) is 5.91 Å². The third kappa shape index (κ3) is 2.78. The first-order chi connectivity index (χ1) is 9.02. The van der Waals surface area contributed by atoms with Crippen LogP contribution in [0.5, 0.6) is 5.75 Å². The first-order valence-corrected chi connectivity index (χ1v) is 6.40. The van der Waals surface area contributed by atoms with Crippen molar-refractivity contribution in [3.63, 3.8) is 0 Å². The molecule has 0 bridgehead atoms. The maximum absolute atomic E-state index is 12.2. The smallest absolute Gasteiger partial charge is 0.261 e. The van der Waals surface area contributed by atoms with Gasteiger partial charge in [0.1, 0.15) is 17.1 Å². The van der Waals surface area contributed by atoms with Crippen LogP contribution >= 0.6 is 15.9 Å². The fourth-order valence-electron chi connectivity index (χ4n) is 1.77. The molecule has 0 spiro atoms. The van der Waals surface area contributed by atoms with Crippen molar-refractivity contribution < 1.29 is 14.1 Å². The van der Waals surface area contributed by atoms with Gasteiger partial charge >= 0.3 is 0 Å². The number of rotatable bonds is 3. The van der Waals surface area contributed by atoms with Gasteiger partial charge in [-0.25, -0.2) is 0 Å². The molecule has 0 aliphatic rings. The minimum Gasteiger partial charge on any atom is -0.495 e. The van der Waals surface area contributed by atoms with Gasteiger partial charge < -0.3 is 14.6 Å². The van der Waals surface area contributed by atoms with Gasteiger partial charge in [-0.3, -0.25) is 4.79 Å². The molecule has 100 valence electrons. The van der Waals surface area contributed by atoms with E-state index < -0.39 is 0 Å². The second-order valence-corrected chi connectivity index (χ2v) is 4.91. The summed E-state index contributed by atoms with van der Waals surface area (Å²) >= 11 is 3.36. The van der Waals surface area contributed by atoms with E-state index in [0.29, 0.717) is 28.5 Å². The summed E-state index contributed by atoms with van der Waals surface area (Å²) in [7, 11) is 1.55. The Morgan fingerprint density at radius 3 is 2.74 bits per heavy atom. The molecule has 19 heavy (non-hydrogen) atoms. The number of nitrogens with one attached hydrogen (secondary N) is 1. The molecule has 0 saturated heterocycles. The molecule has 5 nitrogen and oxygen atoms in total. The van der Waals surface area contributed by atoms with Crippen LogP contribution in [-0.4, -0.2) is 18.2 Å². The summed E-state index contributed by atoms with van der Waals surface area (Å²) in [5.41, 5.74) is 1.59. The molecule has 0 aliphatic heterocycles. The molecule has 2 rings (SSSR count). The normalized spacial score (nSPS) is 10.3. The van der Waals surface area contributed by atoms with E-state index in [-0.39, 0.29) is 5.91 Å². The highest BCUT2D eigenvalue weighted by molar-refractivity contribution is 9.10. The number of benzene rings is 1. The fraction of sp³-hybridized carbons (Fsp3) is 0.231. The lowest BCUT2D eigenvalue weighted by molar-refractivity contribution is 0.102. The van der Waals surface area contributed by atoms with Gasteiger partial charge in [0, 0.05) is 4.47 Å². The van der Waals surface area contributed by atoms with Gasteiger partial charge in [-0.1, -0.05) is 21.1 Å². The zero-order valence-electron chi connectivity index (χ0n) is 10.8. The van der Waals surface area contributed by atoms with E-state index in [4.69, 9.17) is 9.26 Å². The number of amides is 1. The van der Waals surface area contributed by atoms with Crippen LogP contribution in [0.2, 0.25) is 0 Å². The summed E-state index contributed by atoms with van der Waals surface area (Å²) in [5, 5.41) is 6.56. The topological polar surface area (TPSA) is 64.4 Å². The Kier molecular flexibility index (Phi) is 3.90. The molecule has 0 radical (unpaired) electrons. The van der Waals surface area contributed by atoms with Crippen LogP contribution in [0.15, 0.2) is 27.2 Å². The summed E-state index contributed by atoms with van der Waals surface area (Å²) in [6, 6.07) is 5.38. The summed E-state index contributed by atoms with van der Waals surface area (Å²) in [6.07, 6.45) is 0. The molecule has 1 aromatic heterocycles. The van der Waals surface area contributed by atoms with Crippen molar-refractivity contribution in [2.24, 2.45) is 0 Å². The largest absolute Gasteiger partial charge is 0.495 e. The van der Waals surface area contributed by atoms with Crippen molar-refractivity contribution >= 4 is 27.5 Å². The molecule has 0 saturated carbocycles. The standard InChI is InChI=1S/C13H13BrN2O3/c1-7-12(8(2)19-16-7)13(17)15-10-6-9(14)4-5-11(10)18-3/h4-6H,1-3H3,(H,15,17). The Labute approximate surface area is 119 Å². The number of hydrogen-bond donors (Lipinski definition) is 1. The lowest BCUT2D eigenvalue weighted by Crippen LogP contribution is -2.14. The Hall–Kier alpha value is -1.82. The predicted octanol–water partition coefficient (Wildman–Crippen LogP) is 3.31. The van der Waals surface area contributed by atoms with Gasteiger partial charge in [0.05, 0.1) is 18.5 Å². The zero-order valence-corrected chi connectivity index (χ0v) is 12.4. The molecule has 0 atom stereocenters. The number of aryl methyl sites for hydroxylation is 2. The van der Waals surface area contributed by atoms with Crippen molar-refractivity contribution in [2.75, 3.05) is 12.4 Å². The highest BCUT2D eigenvalue weighted by Crippen LogP contribution is 2.28. The first-order valence-electron chi connectivity index (χ1n) is 5.60. The third-order valence-electron chi connectivity index (χ3n) is 2.67. The molecule has 0 aliphatic carbocycles. The number of carbonyl (C=O) groups excluding carboxylic acids is 1. The maximum Gasteiger partial charge on any atom is 0.261 e. The number of aromatic nitrogens is 1. The third-order valence-corrected chi connectivity index (χ3v) is 3.16. The first kappa shape index (κ1) is 13.6. The van der Waals surface area contributed by atoms with E-state index in [2.05, 4.69) is 26.4 Å². The Morgan fingerprint density at radius 2 is 2.16 bits per heavy atom. The highest BCUT2D eigenvalue weighted by atomic mass is 79.9. The SMILES string of the molecule is COc1ccc(Br)cc1NC(=O)c1c(C)noc1C. The van der Waals surface area contributed by atoms with E-state index in [1.807, 2.05) is 6.07 Å². The maximum atomic E-state index is 12.2. The highest BCUT2D eigenvalue weighted by Gasteiger charge is 2.18. The minimum atomic E-state index is -0.271. The van der Waals surface area contributed by atoms with E-state index in [0.717, 1.165) is 4.47 Å². The molecule has 0 unspecified atom stereocenters. The average Bonchev–Trinajstić information content (AvgIpc) is 2.69. The quantitative estimate of drug-likeness (QED) is 0.940. The van der Waals surface area contributed by atoms with Gasteiger partial charge in [-0.2, -0.15) is 0 Å². The number of carbonyl (C=O) groups is 1. The molecule has 1 aromatic carbocycles. The van der Waals surface area contributed by atoms with E-state index >= 15 is 0 Å². The lowest BCUT2D eigenvalue weighted by atomic mass is 10.2. The van der Waals surface area contributed by atoms with Crippen LogP contribution in [-0.2, 0) is 0 Å². The predicted molar refractivity (Wildman–Crippen MR) is 74.6 cm³/mol. The summed E-state index contributed by atoms with van der Waals surface area (Å²) in [6.45, 7) is 3.43. The molecule has 1 amide bonds. The monoisotopic (exact) mass is 324 g/mol. The molecular formula is C13H13BrN2O3. The van der Waals surface area contributed by atoms with Crippen LogP contribution in [0.1, 0.15) is 21.8 Å². The van der Waals surface area contributed by atoms with Crippen LogP contribution in [0.4, 0.5) is 5.69 Å². The number of methoxy groups -OCH3 is 1. The molecule has 1 heterocycles. The van der Waals surface area contributed by atoms with E-state index in [1.165, 1.54) is 0 Å². The summed E-state index contributed by atoms with van der Waals surface area (Å²) in [5.74, 6) is 0.805. The van der Waals surface area contributed by atoms with Crippen LogP contribution < -0.4 is 10.1 Å². The number of nitrogens with zero attached hydrogens (tertiary/aromatic N) is 1. The second kappa shape index (κ2) is 5.44. The number of halogens is 1. The van der Waals surface area contributed by atoms with Crippen molar-refractivity contribution in [2.45, 2.75) is 13.8 Å². The number of ether oxygens (including phenoxy) is 1. The Balaban J connectivity index is 2.31. The van der Waals surface area contributed by atoms with E-state index in [1.54, 1.807) is 33.1 Å². The molecule has 1 N–H and O–H groups in total. The molecule has 6 heteroatoms. The van der Waals surface area contributed by atoms with Crippen molar-refractivity contribution in [1.82, 2.24) is 5.16 Å². The van der Waals surface area contributed by atoms with Gasteiger partial charge in [-0.05, 0) is 32.0 Å². The van der Waals surface area contributed by atoms with Crippen LogP contribution in [0, 0.1) is 13.8 Å². The molecule has 2 aromatic rings. The molecule has 0 fully saturated rings. The number of anilines is 1. The fourth-order valence-corrected chi connectivity index (χ4v) is 2.13. The van der Waals surface area contributed by atoms with Crippen molar-refractivity contribution in [3.05, 3.63) is 39.7 Å². The molecular weight excluding hydrogens is 312 g/mol. The Morgan fingerprint density at radius 1 is 1.42 bits per heavy atom. The average molecular weight is 325 g/mol. The van der Waals surface area contributed by atoms with Gasteiger partial charge in [-0.15, -0.1) is 0 Å². The van der Waals surface area contributed by atoms with Gasteiger partial charge in [0.2, 0.25) is 0 Å². The van der Waals surface area contributed by atoms with Crippen molar-refractivity contribution in [1.29, 1.82) is 0 Å². The lowest BCUT2D eigenvalue weighted by Gasteiger charge is -2.10. The number of hydrogen-bond acceptors (Lipinski definition) is 4. The van der Waals surface area contributed by atoms with Crippen LogP contribution in [0.25, 0.3) is 0 Å². The summed E-state index contributed by atoms with van der Waals surface area (Å²) in [4.78, 5) is 12.2. The van der Waals surface area contributed by atoms with E-state index in [9.17, 15) is 4.79 Å². The Bertz CT molecular complexity index is 603. The van der Waals surface area contributed by atoms with Gasteiger partial charge in [0.15, 0.2) is 0 Å². The minimum absolute atomic E-state index is 0.271. The van der Waals surface area contributed by atoms with Crippen molar-refractivity contribution in [3.8, 4) is 5.75 Å².